The van der Waals surface area contributed by atoms with Gasteiger partial charge in [-0.05, 0) is 42.8 Å². The summed E-state index contributed by atoms with van der Waals surface area (Å²) in [6.07, 6.45) is 1.54. The maximum atomic E-state index is 12.9. The van der Waals surface area contributed by atoms with Gasteiger partial charge in [0, 0.05) is 11.9 Å². The molecule has 19 heavy (non-hydrogen) atoms. The van der Waals surface area contributed by atoms with Crippen LogP contribution in [-0.4, -0.2) is 17.6 Å². The number of methoxy groups -OCH3 is 1. The Hall–Kier alpha value is -2.43. The van der Waals surface area contributed by atoms with E-state index >= 15 is 0 Å². The van der Waals surface area contributed by atoms with E-state index in [2.05, 4.69) is 4.74 Å². The van der Waals surface area contributed by atoms with E-state index in [1.807, 2.05) is 0 Å². The second-order valence-electron chi connectivity index (χ2n) is 4.02. The molecule has 0 unspecified atom stereocenters. The summed E-state index contributed by atoms with van der Waals surface area (Å²) in [5.74, 6) is -1.07. The molecule has 0 aliphatic heterocycles. The lowest BCUT2D eigenvalue weighted by atomic mass is 10.1. The van der Waals surface area contributed by atoms with Crippen molar-refractivity contribution in [2.45, 2.75) is 6.92 Å². The molecule has 0 saturated heterocycles. The third-order valence-electron chi connectivity index (χ3n) is 2.79. The summed E-state index contributed by atoms with van der Waals surface area (Å²) < 4.78 is 18.7. The van der Waals surface area contributed by atoms with Gasteiger partial charge in [-0.25, -0.2) is 9.18 Å². The Morgan fingerprint density at radius 1 is 1.21 bits per heavy atom. The van der Waals surface area contributed by atoms with Crippen LogP contribution in [0.25, 0.3) is 5.69 Å². The Bertz CT molecular complexity index is 674. The van der Waals surface area contributed by atoms with Crippen LogP contribution in [0.15, 0.2) is 41.3 Å². The third kappa shape index (κ3) is 2.40. The van der Waals surface area contributed by atoms with Gasteiger partial charge in [0.2, 0.25) is 0 Å². The van der Waals surface area contributed by atoms with Crippen molar-refractivity contribution in [2.75, 3.05) is 7.11 Å². The maximum absolute atomic E-state index is 12.9. The summed E-state index contributed by atoms with van der Waals surface area (Å²) in [7, 11) is 1.22. The number of hydrogen-bond acceptors (Lipinski definition) is 3. The predicted molar refractivity (Wildman–Crippen MR) is 68.1 cm³/mol. The van der Waals surface area contributed by atoms with E-state index in [9.17, 15) is 14.0 Å². The highest BCUT2D eigenvalue weighted by molar-refractivity contribution is 5.90. The van der Waals surface area contributed by atoms with E-state index in [-0.39, 0.29) is 5.56 Å². The van der Waals surface area contributed by atoms with Crippen LogP contribution >= 0.6 is 0 Å². The molecule has 0 aliphatic carbocycles. The van der Waals surface area contributed by atoms with E-state index in [0.29, 0.717) is 11.3 Å². The van der Waals surface area contributed by atoms with E-state index in [4.69, 9.17) is 0 Å². The number of carbonyl (C=O) groups excluding carboxylic acids is 1. The molecule has 1 aromatic heterocycles. The number of pyridine rings is 1. The van der Waals surface area contributed by atoms with Gasteiger partial charge in [-0.15, -0.1) is 0 Å². The molecule has 5 heteroatoms. The average Bonchev–Trinajstić information content (AvgIpc) is 2.40. The number of benzene rings is 1. The van der Waals surface area contributed by atoms with Gasteiger partial charge in [0.25, 0.3) is 5.56 Å². The van der Waals surface area contributed by atoms with Crippen molar-refractivity contribution in [1.29, 1.82) is 0 Å². The van der Waals surface area contributed by atoms with Crippen molar-refractivity contribution in [3.8, 4) is 5.69 Å². The molecule has 0 bridgehead atoms. The molecule has 1 aromatic carbocycles. The van der Waals surface area contributed by atoms with Gasteiger partial charge < -0.3 is 4.74 Å². The zero-order valence-electron chi connectivity index (χ0n) is 10.5. The molecule has 98 valence electrons. The van der Waals surface area contributed by atoms with Gasteiger partial charge in [0.15, 0.2) is 0 Å². The molecular weight excluding hydrogens is 249 g/mol. The number of carbonyl (C=O) groups is 1. The highest BCUT2D eigenvalue weighted by Gasteiger charge is 2.16. The van der Waals surface area contributed by atoms with Crippen molar-refractivity contribution in [3.63, 3.8) is 0 Å². The van der Waals surface area contributed by atoms with Gasteiger partial charge in [-0.2, -0.15) is 0 Å². The Kier molecular flexibility index (Phi) is 3.46. The summed E-state index contributed by atoms with van der Waals surface area (Å²) in [5.41, 5.74) is 0.513. The number of hydrogen-bond donors (Lipinski definition) is 0. The lowest BCUT2D eigenvalue weighted by Crippen LogP contribution is -2.26. The van der Waals surface area contributed by atoms with E-state index in [1.54, 1.807) is 13.0 Å². The molecule has 1 heterocycles. The zero-order valence-corrected chi connectivity index (χ0v) is 10.5. The summed E-state index contributed by atoms with van der Waals surface area (Å²) in [6, 6.07) is 7.07. The monoisotopic (exact) mass is 261 g/mol. The summed E-state index contributed by atoms with van der Waals surface area (Å²) in [4.78, 5) is 23.8. The van der Waals surface area contributed by atoms with Crippen LogP contribution in [0.5, 0.6) is 0 Å². The summed E-state index contributed by atoms with van der Waals surface area (Å²) in [5, 5.41) is 0. The number of ether oxygens (including phenoxy) is 1. The second-order valence-corrected chi connectivity index (χ2v) is 4.02. The van der Waals surface area contributed by atoms with E-state index in [0.717, 1.165) is 0 Å². The van der Waals surface area contributed by atoms with Gasteiger partial charge in [-0.3, -0.25) is 9.36 Å². The van der Waals surface area contributed by atoms with Crippen LogP contribution in [0.1, 0.15) is 15.9 Å². The molecule has 2 rings (SSSR count). The van der Waals surface area contributed by atoms with Crippen LogP contribution in [0.2, 0.25) is 0 Å². The first-order chi connectivity index (χ1) is 9.04. The molecule has 0 aliphatic rings. The largest absolute Gasteiger partial charge is 0.465 e. The Balaban J connectivity index is 2.63. The fraction of sp³-hybridized carbons (Fsp3) is 0.143. The zero-order chi connectivity index (χ0) is 14.0. The average molecular weight is 261 g/mol. The van der Waals surface area contributed by atoms with E-state index < -0.39 is 17.3 Å². The van der Waals surface area contributed by atoms with Gasteiger partial charge in [0.05, 0.1) is 7.11 Å². The molecule has 0 saturated carbocycles. The smallest absolute Gasteiger partial charge is 0.343 e. The standard InChI is InChI=1S/C14H12FNO3/c1-9-7-8-16(11-5-3-10(15)4-6-11)13(17)12(9)14(18)19-2/h3-8H,1-2H3. The van der Waals surface area contributed by atoms with Gasteiger partial charge >= 0.3 is 5.97 Å². The van der Waals surface area contributed by atoms with E-state index in [1.165, 1.54) is 42.1 Å². The number of esters is 1. The van der Waals surface area contributed by atoms with Gasteiger partial charge in [-0.1, -0.05) is 0 Å². The topological polar surface area (TPSA) is 48.3 Å². The van der Waals surface area contributed by atoms with Crippen LogP contribution in [-0.2, 0) is 4.74 Å². The summed E-state index contributed by atoms with van der Waals surface area (Å²) in [6.45, 7) is 1.66. The first-order valence-corrected chi connectivity index (χ1v) is 5.61. The first kappa shape index (κ1) is 13.0. The van der Waals surface area contributed by atoms with Crippen molar-refractivity contribution < 1.29 is 13.9 Å². The summed E-state index contributed by atoms with van der Waals surface area (Å²) >= 11 is 0. The van der Waals surface area contributed by atoms with Crippen molar-refractivity contribution in [1.82, 2.24) is 4.57 Å². The van der Waals surface area contributed by atoms with Crippen LogP contribution in [0.3, 0.4) is 0 Å². The molecule has 0 N–H and O–H groups in total. The first-order valence-electron chi connectivity index (χ1n) is 5.61. The highest BCUT2D eigenvalue weighted by Crippen LogP contribution is 2.10. The maximum Gasteiger partial charge on any atom is 0.343 e. The van der Waals surface area contributed by atoms with Crippen LogP contribution in [0.4, 0.5) is 4.39 Å². The fourth-order valence-electron chi connectivity index (χ4n) is 1.78. The van der Waals surface area contributed by atoms with Gasteiger partial charge in [0.1, 0.15) is 11.4 Å². The quantitative estimate of drug-likeness (QED) is 0.777. The highest BCUT2D eigenvalue weighted by atomic mass is 19.1. The Morgan fingerprint density at radius 2 is 1.84 bits per heavy atom. The molecular formula is C14H12FNO3. The lowest BCUT2D eigenvalue weighted by Gasteiger charge is -2.09. The number of halogens is 1. The minimum Gasteiger partial charge on any atom is -0.465 e. The molecule has 0 spiro atoms. The van der Waals surface area contributed by atoms with Crippen LogP contribution in [0, 0.1) is 12.7 Å². The molecule has 0 amide bonds. The second kappa shape index (κ2) is 5.06. The number of aromatic nitrogens is 1. The predicted octanol–water partition coefficient (Wildman–Crippen LogP) is 2.07. The van der Waals surface area contributed by atoms with Crippen LogP contribution < -0.4 is 5.56 Å². The van der Waals surface area contributed by atoms with Crippen molar-refractivity contribution >= 4 is 5.97 Å². The minimum absolute atomic E-state index is 0.0191. The Labute approximate surface area is 109 Å². The number of aryl methyl sites for hydroxylation is 1. The molecule has 0 atom stereocenters. The van der Waals surface area contributed by atoms with Crippen molar-refractivity contribution in [2.24, 2.45) is 0 Å². The number of nitrogens with zero attached hydrogens (tertiary/aromatic N) is 1. The number of rotatable bonds is 2. The third-order valence-corrected chi connectivity index (χ3v) is 2.79. The van der Waals surface area contributed by atoms with Crippen molar-refractivity contribution in [3.05, 3.63) is 63.8 Å². The molecule has 0 radical (unpaired) electrons. The minimum atomic E-state index is -0.682. The fourth-order valence-corrected chi connectivity index (χ4v) is 1.78. The molecule has 4 nitrogen and oxygen atoms in total. The Morgan fingerprint density at radius 3 is 2.42 bits per heavy atom. The SMILES string of the molecule is COC(=O)c1c(C)ccn(-c2ccc(F)cc2)c1=O. The molecule has 0 fully saturated rings. The normalized spacial score (nSPS) is 10.3. The molecule has 2 aromatic rings. The lowest BCUT2D eigenvalue weighted by molar-refractivity contribution is 0.0597.